The molecule has 0 aliphatic carbocycles. The molecule has 1 atom stereocenters. The third-order valence-corrected chi connectivity index (χ3v) is 4.94. The smallest absolute Gasteiger partial charge is 0.128 e. The Bertz CT molecular complexity index is 606. The van der Waals surface area contributed by atoms with Gasteiger partial charge in [-0.3, -0.25) is 4.90 Å². The second kappa shape index (κ2) is 7.71. The van der Waals surface area contributed by atoms with Crippen LogP contribution in [0.2, 0.25) is 0 Å². The van der Waals surface area contributed by atoms with Gasteiger partial charge in [-0.25, -0.2) is 4.39 Å². The van der Waals surface area contributed by atoms with Crippen LogP contribution in [-0.2, 0) is 6.42 Å². The number of rotatable bonds is 5. The fraction of sp³-hybridized carbons (Fsp3) is 0.400. The number of halogens is 1. The van der Waals surface area contributed by atoms with Gasteiger partial charge in [0.15, 0.2) is 0 Å². The largest absolute Gasteiger partial charge is 0.329 e. The van der Waals surface area contributed by atoms with Crippen molar-refractivity contribution in [1.82, 2.24) is 4.90 Å². The van der Waals surface area contributed by atoms with E-state index in [-0.39, 0.29) is 11.9 Å². The number of hydrogen-bond donors (Lipinski definition) is 1. The Hall–Kier alpha value is -1.71. The molecule has 0 bridgehead atoms. The first-order valence-corrected chi connectivity index (χ1v) is 8.50. The van der Waals surface area contributed by atoms with Crippen LogP contribution in [-0.4, -0.2) is 24.5 Å². The van der Waals surface area contributed by atoms with Crippen molar-refractivity contribution in [1.29, 1.82) is 0 Å². The Kier molecular flexibility index (Phi) is 5.42. The van der Waals surface area contributed by atoms with E-state index in [0.717, 1.165) is 37.9 Å². The number of nitrogens with zero attached hydrogens (tertiary/aromatic N) is 1. The van der Waals surface area contributed by atoms with Crippen LogP contribution < -0.4 is 5.73 Å². The van der Waals surface area contributed by atoms with Crippen LogP contribution in [0.1, 0.15) is 30.0 Å². The van der Waals surface area contributed by atoms with E-state index in [1.54, 1.807) is 6.07 Å². The molecule has 122 valence electrons. The molecule has 0 radical (unpaired) electrons. The van der Waals surface area contributed by atoms with E-state index in [1.165, 1.54) is 11.6 Å². The summed E-state index contributed by atoms with van der Waals surface area (Å²) in [5, 5.41) is 0. The molecule has 3 rings (SSSR count). The maximum Gasteiger partial charge on any atom is 0.128 e. The predicted molar refractivity (Wildman–Crippen MR) is 92.6 cm³/mol. The summed E-state index contributed by atoms with van der Waals surface area (Å²) in [6.07, 6.45) is 3.45. The monoisotopic (exact) mass is 312 g/mol. The highest BCUT2D eigenvalue weighted by atomic mass is 19.1. The molecule has 1 aliphatic rings. The highest BCUT2D eigenvalue weighted by Gasteiger charge is 2.26. The molecule has 1 aliphatic heterocycles. The Morgan fingerprint density at radius 3 is 2.30 bits per heavy atom. The molecule has 0 saturated carbocycles. The van der Waals surface area contributed by atoms with Crippen molar-refractivity contribution >= 4 is 0 Å². The molecule has 2 aromatic carbocycles. The van der Waals surface area contributed by atoms with Crippen molar-refractivity contribution in [3.8, 4) is 0 Å². The molecule has 1 saturated heterocycles. The quantitative estimate of drug-likeness (QED) is 0.910. The van der Waals surface area contributed by atoms with E-state index in [4.69, 9.17) is 5.73 Å². The van der Waals surface area contributed by atoms with Crippen LogP contribution in [0, 0.1) is 11.7 Å². The molecule has 1 fully saturated rings. The zero-order valence-corrected chi connectivity index (χ0v) is 13.5. The number of likely N-dealkylation sites (tertiary alicyclic amines) is 1. The number of hydrogen-bond acceptors (Lipinski definition) is 2. The Balaban J connectivity index is 1.60. The zero-order chi connectivity index (χ0) is 16.1. The molecule has 2 aromatic rings. The van der Waals surface area contributed by atoms with Gasteiger partial charge in [0.25, 0.3) is 0 Å². The third kappa shape index (κ3) is 3.98. The fourth-order valence-electron chi connectivity index (χ4n) is 3.63. The number of nitrogens with two attached hydrogens (primary N) is 1. The summed E-state index contributed by atoms with van der Waals surface area (Å²) < 4.78 is 14.1. The number of piperidine rings is 1. The predicted octanol–water partition coefficient (Wildman–Crippen LogP) is 3.78. The summed E-state index contributed by atoms with van der Waals surface area (Å²) in [4.78, 5) is 2.35. The first-order chi connectivity index (χ1) is 11.3. The van der Waals surface area contributed by atoms with E-state index in [9.17, 15) is 4.39 Å². The summed E-state index contributed by atoms with van der Waals surface area (Å²) in [6, 6.07) is 17.7. The maximum absolute atomic E-state index is 14.1. The van der Waals surface area contributed by atoms with Crippen LogP contribution in [0.4, 0.5) is 4.39 Å². The van der Waals surface area contributed by atoms with E-state index in [2.05, 4.69) is 35.2 Å². The lowest BCUT2D eigenvalue weighted by Crippen LogP contribution is -2.40. The van der Waals surface area contributed by atoms with Crippen molar-refractivity contribution in [2.75, 3.05) is 19.6 Å². The maximum atomic E-state index is 14.1. The van der Waals surface area contributed by atoms with Gasteiger partial charge in [0.2, 0.25) is 0 Å². The first kappa shape index (κ1) is 16.2. The molecule has 23 heavy (non-hydrogen) atoms. The summed E-state index contributed by atoms with van der Waals surface area (Å²) >= 11 is 0. The molecule has 2 N–H and O–H groups in total. The van der Waals surface area contributed by atoms with Gasteiger partial charge in [-0.05, 0) is 49.9 Å². The average Bonchev–Trinajstić information content (AvgIpc) is 2.59. The van der Waals surface area contributed by atoms with Gasteiger partial charge < -0.3 is 5.73 Å². The summed E-state index contributed by atoms with van der Waals surface area (Å²) in [7, 11) is 0. The van der Waals surface area contributed by atoms with Gasteiger partial charge in [-0.1, -0.05) is 48.5 Å². The molecule has 0 spiro atoms. The molecular formula is C20H25FN2. The molecule has 3 heteroatoms. The fourth-order valence-corrected chi connectivity index (χ4v) is 3.63. The van der Waals surface area contributed by atoms with Crippen molar-refractivity contribution in [2.24, 2.45) is 11.7 Å². The van der Waals surface area contributed by atoms with E-state index in [0.29, 0.717) is 12.5 Å². The second-order valence-corrected chi connectivity index (χ2v) is 6.44. The van der Waals surface area contributed by atoms with Crippen LogP contribution in [0.5, 0.6) is 0 Å². The topological polar surface area (TPSA) is 29.3 Å². The van der Waals surface area contributed by atoms with E-state index in [1.807, 2.05) is 12.1 Å². The Morgan fingerprint density at radius 1 is 1.00 bits per heavy atom. The normalized spacial score (nSPS) is 18.0. The van der Waals surface area contributed by atoms with Gasteiger partial charge in [-0.2, -0.15) is 0 Å². The van der Waals surface area contributed by atoms with Crippen molar-refractivity contribution in [2.45, 2.75) is 25.3 Å². The van der Waals surface area contributed by atoms with Gasteiger partial charge in [0.1, 0.15) is 5.82 Å². The molecule has 0 amide bonds. The first-order valence-electron chi connectivity index (χ1n) is 8.50. The van der Waals surface area contributed by atoms with Crippen LogP contribution >= 0.6 is 0 Å². The highest BCUT2D eigenvalue weighted by Crippen LogP contribution is 2.29. The van der Waals surface area contributed by atoms with Crippen molar-refractivity contribution in [3.63, 3.8) is 0 Å². The van der Waals surface area contributed by atoms with Crippen LogP contribution in [0.25, 0.3) is 0 Å². The van der Waals surface area contributed by atoms with E-state index >= 15 is 0 Å². The lowest BCUT2D eigenvalue weighted by atomic mass is 9.89. The van der Waals surface area contributed by atoms with Crippen molar-refractivity contribution in [3.05, 3.63) is 71.5 Å². The molecule has 0 unspecified atom stereocenters. The second-order valence-electron chi connectivity index (χ2n) is 6.44. The molecule has 2 nitrogen and oxygen atoms in total. The van der Waals surface area contributed by atoms with Gasteiger partial charge >= 0.3 is 0 Å². The van der Waals surface area contributed by atoms with Gasteiger partial charge in [-0.15, -0.1) is 0 Å². The minimum atomic E-state index is -0.144. The highest BCUT2D eigenvalue weighted by molar-refractivity contribution is 5.22. The number of benzene rings is 2. The van der Waals surface area contributed by atoms with Crippen LogP contribution in [0.15, 0.2) is 54.6 Å². The summed E-state index contributed by atoms with van der Waals surface area (Å²) in [5.41, 5.74) is 8.10. The molecule has 1 heterocycles. The summed E-state index contributed by atoms with van der Waals surface area (Å²) in [6.45, 7) is 2.45. The van der Waals surface area contributed by atoms with Crippen molar-refractivity contribution < 1.29 is 4.39 Å². The standard InChI is InChI=1S/C20H25FN2/c21-19-9-5-4-8-18(19)20(15-22)23-12-10-17(11-13-23)14-16-6-2-1-3-7-16/h1-9,17,20H,10-15,22H2/t20-/m1/s1. The third-order valence-electron chi connectivity index (χ3n) is 4.94. The lowest BCUT2D eigenvalue weighted by molar-refractivity contribution is 0.133. The minimum Gasteiger partial charge on any atom is -0.329 e. The Morgan fingerprint density at radius 2 is 1.65 bits per heavy atom. The summed E-state index contributed by atoms with van der Waals surface area (Å²) in [5.74, 6) is 0.571. The van der Waals surface area contributed by atoms with E-state index < -0.39 is 0 Å². The SMILES string of the molecule is NC[C@H](c1ccccc1F)N1CCC(Cc2ccccc2)CC1. The van der Waals surface area contributed by atoms with Gasteiger partial charge in [0, 0.05) is 18.2 Å². The molecule has 0 aromatic heterocycles. The zero-order valence-electron chi connectivity index (χ0n) is 13.5. The Labute approximate surface area is 138 Å². The molecular weight excluding hydrogens is 287 g/mol. The average molecular weight is 312 g/mol. The lowest BCUT2D eigenvalue weighted by Gasteiger charge is -2.37. The van der Waals surface area contributed by atoms with Crippen LogP contribution in [0.3, 0.4) is 0 Å². The van der Waals surface area contributed by atoms with Gasteiger partial charge in [0.05, 0.1) is 0 Å². The minimum absolute atomic E-state index is 0.00567.